The van der Waals surface area contributed by atoms with Crippen LogP contribution in [0.4, 0.5) is 11.6 Å². The van der Waals surface area contributed by atoms with Crippen molar-refractivity contribution in [2.24, 2.45) is 11.8 Å². The Kier molecular flexibility index (Phi) is 4.45. The summed E-state index contributed by atoms with van der Waals surface area (Å²) in [5, 5.41) is 12.8. The highest BCUT2D eigenvalue weighted by Crippen LogP contribution is 2.29. The summed E-state index contributed by atoms with van der Waals surface area (Å²) in [7, 11) is 0. The van der Waals surface area contributed by atoms with E-state index in [1.807, 2.05) is 6.07 Å². The Labute approximate surface area is 120 Å². The van der Waals surface area contributed by atoms with E-state index in [2.05, 4.69) is 41.5 Å². The van der Waals surface area contributed by atoms with Gasteiger partial charge in [0.25, 0.3) is 0 Å². The van der Waals surface area contributed by atoms with Gasteiger partial charge in [-0.2, -0.15) is 0 Å². The summed E-state index contributed by atoms with van der Waals surface area (Å²) in [6.45, 7) is 6.42. The molecule has 0 amide bonds. The first-order valence-electron chi connectivity index (χ1n) is 7.17. The number of hydrazine groups is 1. The van der Waals surface area contributed by atoms with Crippen molar-refractivity contribution in [2.75, 3.05) is 17.3 Å². The second-order valence-electron chi connectivity index (χ2n) is 6.48. The van der Waals surface area contributed by atoms with Gasteiger partial charge in [0, 0.05) is 30.0 Å². The summed E-state index contributed by atoms with van der Waals surface area (Å²) < 4.78 is 0. The van der Waals surface area contributed by atoms with Crippen LogP contribution in [0.1, 0.15) is 45.9 Å². The van der Waals surface area contributed by atoms with Crippen LogP contribution in [0.5, 0.6) is 0 Å². The molecule has 1 aliphatic rings. The van der Waals surface area contributed by atoms with Gasteiger partial charge in [0.1, 0.15) is 17.5 Å². The van der Waals surface area contributed by atoms with Gasteiger partial charge < -0.3 is 15.8 Å². The summed E-state index contributed by atoms with van der Waals surface area (Å²) in [6.07, 6.45) is 3.26. The van der Waals surface area contributed by atoms with Crippen molar-refractivity contribution >= 4 is 11.6 Å². The summed E-state index contributed by atoms with van der Waals surface area (Å²) >= 11 is 0. The van der Waals surface area contributed by atoms with Crippen LogP contribution in [-0.4, -0.2) is 27.7 Å². The lowest BCUT2D eigenvalue weighted by Gasteiger charge is -2.22. The molecule has 1 aromatic rings. The van der Waals surface area contributed by atoms with Gasteiger partial charge in [-0.05, 0) is 12.8 Å². The van der Waals surface area contributed by atoms with E-state index in [4.69, 9.17) is 5.84 Å². The van der Waals surface area contributed by atoms with E-state index in [0.29, 0.717) is 11.7 Å². The molecule has 1 aromatic heterocycles. The van der Waals surface area contributed by atoms with Crippen molar-refractivity contribution in [3.8, 4) is 0 Å². The zero-order valence-corrected chi connectivity index (χ0v) is 12.5. The van der Waals surface area contributed by atoms with E-state index in [1.54, 1.807) is 0 Å². The molecule has 1 saturated carbocycles. The molecule has 1 aliphatic carbocycles. The molecule has 20 heavy (non-hydrogen) atoms. The predicted molar refractivity (Wildman–Crippen MR) is 80.4 cm³/mol. The molecule has 2 rings (SSSR count). The van der Waals surface area contributed by atoms with Crippen molar-refractivity contribution < 1.29 is 5.11 Å². The maximum Gasteiger partial charge on any atom is 0.145 e. The molecule has 1 heterocycles. The number of aliphatic hydroxyl groups is 1. The number of hydrogen-bond acceptors (Lipinski definition) is 6. The molecule has 0 saturated heterocycles. The minimum atomic E-state index is -0.144. The van der Waals surface area contributed by atoms with Gasteiger partial charge in [-0.3, -0.25) is 0 Å². The van der Waals surface area contributed by atoms with Crippen molar-refractivity contribution in [3.63, 3.8) is 0 Å². The van der Waals surface area contributed by atoms with Gasteiger partial charge in [0.2, 0.25) is 0 Å². The normalized spacial score (nSPS) is 22.9. The molecule has 0 radical (unpaired) electrons. The molecule has 2 unspecified atom stereocenters. The number of nitrogens with one attached hydrogen (secondary N) is 2. The van der Waals surface area contributed by atoms with Crippen LogP contribution < -0.4 is 16.6 Å². The number of nitrogen functional groups attached to an aromatic ring is 1. The maximum atomic E-state index is 9.39. The second kappa shape index (κ2) is 5.93. The lowest BCUT2D eigenvalue weighted by molar-refractivity contribution is 0.222. The molecule has 1 fully saturated rings. The molecule has 6 heteroatoms. The Hall–Kier alpha value is -1.40. The molecule has 2 atom stereocenters. The quantitative estimate of drug-likeness (QED) is 0.494. The van der Waals surface area contributed by atoms with Crippen LogP contribution in [0.3, 0.4) is 0 Å². The first-order chi connectivity index (χ1) is 9.44. The minimum absolute atomic E-state index is 0.144. The van der Waals surface area contributed by atoms with E-state index in [-0.39, 0.29) is 18.1 Å². The smallest absolute Gasteiger partial charge is 0.145 e. The standard InChI is InChI=1S/C14H25N5O/c1-14(2,3)13-17-11(7-12(18-13)19-15)16-10-6-4-5-9(10)8-20/h7,9-10,20H,4-6,8,15H2,1-3H3,(H2,16,17,18,19). The van der Waals surface area contributed by atoms with E-state index >= 15 is 0 Å². The molecule has 0 spiro atoms. The lowest BCUT2D eigenvalue weighted by atomic mass is 9.96. The van der Waals surface area contributed by atoms with Crippen LogP contribution >= 0.6 is 0 Å². The number of aliphatic hydroxyl groups excluding tert-OH is 1. The van der Waals surface area contributed by atoms with Gasteiger partial charge in [-0.1, -0.05) is 27.2 Å². The number of nitrogens with two attached hydrogens (primary N) is 1. The summed E-state index contributed by atoms with van der Waals surface area (Å²) in [6, 6.07) is 2.08. The lowest BCUT2D eigenvalue weighted by Crippen LogP contribution is -2.28. The highest BCUT2D eigenvalue weighted by atomic mass is 16.3. The first-order valence-corrected chi connectivity index (χ1v) is 7.17. The van der Waals surface area contributed by atoms with Gasteiger partial charge in [-0.25, -0.2) is 15.8 Å². The third kappa shape index (κ3) is 3.37. The van der Waals surface area contributed by atoms with Crippen molar-refractivity contribution in [1.29, 1.82) is 0 Å². The Morgan fingerprint density at radius 2 is 2.00 bits per heavy atom. The number of aromatic nitrogens is 2. The molecular weight excluding hydrogens is 254 g/mol. The van der Waals surface area contributed by atoms with E-state index in [0.717, 1.165) is 30.9 Å². The Morgan fingerprint density at radius 1 is 1.30 bits per heavy atom. The summed E-state index contributed by atoms with van der Waals surface area (Å²) in [4.78, 5) is 8.99. The highest BCUT2D eigenvalue weighted by molar-refractivity contribution is 5.48. The second-order valence-corrected chi connectivity index (χ2v) is 6.48. The van der Waals surface area contributed by atoms with Crippen LogP contribution in [-0.2, 0) is 5.41 Å². The minimum Gasteiger partial charge on any atom is -0.396 e. The average molecular weight is 279 g/mol. The van der Waals surface area contributed by atoms with Gasteiger partial charge in [-0.15, -0.1) is 0 Å². The number of nitrogens with zero attached hydrogens (tertiary/aromatic N) is 2. The highest BCUT2D eigenvalue weighted by Gasteiger charge is 2.27. The first kappa shape index (κ1) is 15.0. The fraction of sp³-hybridized carbons (Fsp3) is 0.714. The van der Waals surface area contributed by atoms with Crippen LogP contribution in [0, 0.1) is 5.92 Å². The van der Waals surface area contributed by atoms with Crippen LogP contribution in [0.15, 0.2) is 6.07 Å². The number of anilines is 2. The third-order valence-electron chi connectivity index (χ3n) is 3.77. The van der Waals surface area contributed by atoms with E-state index in [9.17, 15) is 5.11 Å². The molecule has 6 nitrogen and oxygen atoms in total. The molecule has 0 aromatic carbocycles. The number of rotatable bonds is 4. The Balaban J connectivity index is 2.22. The topological polar surface area (TPSA) is 96.1 Å². The fourth-order valence-corrected chi connectivity index (χ4v) is 2.57. The average Bonchev–Trinajstić information content (AvgIpc) is 2.84. The Bertz CT molecular complexity index is 457. The Morgan fingerprint density at radius 3 is 2.60 bits per heavy atom. The predicted octanol–water partition coefficient (Wildman–Crippen LogP) is 1.63. The van der Waals surface area contributed by atoms with Gasteiger partial charge in [0.05, 0.1) is 0 Å². The molecule has 0 bridgehead atoms. The van der Waals surface area contributed by atoms with Gasteiger partial charge in [0.15, 0.2) is 0 Å². The SMILES string of the molecule is CC(C)(C)c1nc(NN)cc(NC2CCCC2CO)n1. The van der Waals surface area contributed by atoms with Crippen molar-refractivity contribution in [1.82, 2.24) is 9.97 Å². The number of hydrogen-bond donors (Lipinski definition) is 4. The van der Waals surface area contributed by atoms with Crippen LogP contribution in [0.2, 0.25) is 0 Å². The monoisotopic (exact) mass is 279 g/mol. The van der Waals surface area contributed by atoms with E-state index < -0.39 is 0 Å². The van der Waals surface area contributed by atoms with Crippen LogP contribution in [0.25, 0.3) is 0 Å². The maximum absolute atomic E-state index is 9.39. The van der Waals surface area contributed by atoms with Gasteiger partial charge >= 0.3 is 0 Å². The molecule has 0 aliphatic heterocycles. The summed E-state index contributed by atoms with van der Waals surface area (Å²) in [5.74, 6) is 7.90. The fourth-order valence-electron chi connectivity index (χ4n) is 2.57. The van der Waals surface area contributed by atoms with E-state index in [1.165, 1.54) is 0 Å². The third-order valence-corrected chi connectivity index (χ3v) is 3.77. The molecule has 112 valence electrons. The largest absolute Gasteiger partial charge is 0.396 e. The molecular formula is C14H25N5O. The zero-order valence-electron chi connectivity index (χ0n) is 12.5. The van der Waals surface area contributed by atoms with Crippen molar-refractivity contribution in [3.05, 3.63) is 11.9 Å². The van der Waals surface area contributed by atoms with Crippen molar-refractivity contribution in [2.45, 2.75) is 51.5 Å². The summed E-state index contributed by atoms with van der Waals surface area (Å²) in [5.41, 5.74) is 2.45. The zero-order chi connectivity index (χ0) is 14.8. The molecule has 5 N–H and O–H groups in total.